The number of carboxylic acid groups (broad SMARTS) is 1. The van der Waals surface area contributed by atoms with Crippen molar-refractivity contribution in [3.05, 3.63) is 0 Å². The lowest BCUT2D eigenvalue weighted by Gasteiger charge is -2.15. The quantitative estimate of drug-likeness (QED) is 0.496. The number of hydrogen-bond acceptors (Lipinski definition) is 4. The second-order valence-electron chi connectivity index (χ2n) is 3.13. The zero-order chi connectivity index (χ0) is 12.0. The van der Waals surface area contributed by atoms with E-state index in [1.54, 1.807) is 13.8 Å². The van der Waals surface area contributed by atoms with E-state index in [2.05, 4.69) is 0 Å². The van der Waals surface area contributed by atoms with Gasteiger partial charge in [0.25, 0.3) is 0 Å². The average molecular weight is 217 g/mol. The molecule has 1 amide bonds. The third kappa shape index (κ3) is 4.99. The van der Waals surface area contributed by atoms with E-state index in [9.17, 15) is 14.4 Å². The molecule has 0 aliphatic rings. The molecule has 2 unspecified atom stereocenters. The Morgan fingerprint density at radius 1 is 1.40 bits per heavy atom. The van der Waals surface area contributed by atoms with E-state index in [0.29, 0.717) is 6.42 Å². The molecule has 0 aliphatic heterocycles. The number of esters is 1. The summed E-state index contributed by atoms with van der Waals surface area (Å²) < 4.78 is 4.79. The van der Waals surface area contributed by atoms with Crippen LogP contribution in [0.4, 0.5) is 0 Å². The summed E-state index contributed by atoms with van der Waals surface area (Å²) in [5.41, 5.74) is 0. The Morgan fingerprint density at radius 3 is 2.27 bits per heavy atom. The number of carboxylic acids is 1. The smallest absolute Gasteiger partial charge is 0.340 e. The number of nitrogens with one attached hydrogen (secondary N) is 1. The Bertz CT molecular complexity index is 263. The number of aliphatic carboxylic acids is 1. The van der Waals surface area contributed by atoms with Gasteiger partial charge in [-0.2, -0.15) is 0 Å². The second-order valence-corrected chi connectivity index (χ2v) is 3.13. The molecule has 0 saturated heterocycles. The summed E-state index contributed by atoms with van der Waals surface area (Å²) in [5.74, 6) is -2.98. The standard InChI is InChI=1S/C9H15NO5/c1-4-5(2)15-9(14)7(8(12)13)10-6(3)11/h5,7H,4H2,1-3H3,(H,10,11)(H,12,13). The molecule has 0 heterocycles. The highest BCUT2D eigenvalue weighted by Crippen LogP contribution is 1.99. The van der Waals surface area contributed by atoms with Crippen molar-refractivity contribution in [2.45, 2.75) is 39.3 Å². The first-order valence-corrected chi connectivity index (χ1v) is 4.58. The summed E-state index contributed by atoms with van der Waals surface area (Å²) in [7, 11) is 0. The van der Waals surface area contributed by atoms with Crippen LogP contribution >= 0.6 is 0 Å². The van der Waals surface area contributed by atoms with Crippen molar-refractivity contribution >= 4 is 17.8 Å². The predicted octanol–water partition coefficient (Wildman–Crippen LogP) is -0.0826. The maximum atomic E-state index is 11.3. The van der Waals surface area contributed by atoms with Crippen molar-refractivity contribution in [2.24, 2.45) is 0 Å². The maximum Gasteiger partial charge on any atom is 0.340 e. The molecule has 0 saturated carbocycles. The molecule has 6 heteroatoms. The van der Waals surface area contributed by atoms with E-state index in [-0.39, 0.29) is 6.10 Å². The van der Waals surface area contributed by atoms with Crippen molar-refractivity contribution in [1.29, 1.82) is 0 Å². The molecule has 0 aromatic carbocycles. The minimum Gasteiger partial charge on any atom is -0.479 e. The monoisotopic (exact) mass is 217 g/mol. The molecule has 0 spiro atoms. The van der Waals surface area contributed by atoms with Crippen LogP contribution in [0.1, 0.15) is 27.2 Å². The minimum absolute atomic E-state index is 0.367. The molecule has 0 fully saturated rings. The fourth-order valence-electron chi connectivity index (χ4n) is 0.774. The summed E-state index contributed by atoms with van der Waals surface area (Å²) >= 11 is 0. The summed E-state index contributed by atoms with van der Waals surface area (Å²) in [6.07, 6.45) is 0.214. The highest BCUT2D eigenvalue weighted by molar-refractivity contribution is 6.01. The van der Waals surface area contributed by atoms with Gasteiger partial charge < -0.3 is 15.2 Å². The zero-order valence-corrected chi connectivity index (χ0v) is 8.94. The van der Waals surface area contributed by atoms with Crippen LogP contribution in [0, 0.1) is 0 Å². The zero-order valence-electron chi connectivity index (χ0n) is 8.94. The van der Waals surface area contributed by atoms with Gasteiger partial charge in [0.1, 0.15) is 0 Å². The molecule has 0 bridgehead atoms. The molecular weight excluding hydrogens is 202 g/mol. The number of carbonyl (C=O) groups excluding carboxylic acids is 2. The highest BCUT2D eigenvalue weighted by atomic mass is 16.5. The van der Waals surface area contributed by atoms with Crippen LogP contribution in [0.15, 0.2) is 0 Å². The molecule has 0 aromatic heterocycles. The third-order valence-electron chi connectivity index (χ3n) is 1.72. The Morgan fingerprint density at radius 2 is 1.93 bits per heavy atom. The van der Waals surface area contributed by atoms with E-state index in [1.807, 2.05) is 5.32 Å². The molecule has 0 aliphatic carbocycles. The van der Waals surface area contributed by atoms with Gasteiger partial charge in [-0.25, -0.2) is 9.59 Å². The Labute approximate surface area is 87.6 Å². The molecule has 2 atom stereocenters. The summed E-state index contributed by atoms with van der Waals surface area (Å²) in [6.45, 7) is 4.57. The molecule has 0 rings (SSSR count). The lowest BCUT2D eigenvalue weighted by molar-refractivity contribution is -0.159. The van der Waals surface area contributed by atoms with Gasteiger partial charge in [-0.3, -0.25) is 4.79 Å². The molecule has 86 valence electrons. The molecule has 6 nitrogen and oxygen atoms in total. The number of ether oxygens (including phenoxy) is 1. The summed E-state index contributed by atoms with van der Waals surface area (Å²) in [6, 6.07) is -1.63. The maximum absolute atomic E-state index is 11.3. The topological polar surface area (TPSA) is 92.7 Å². The lowest BCUT2D eigenvalue weighted by Crippen LogP contribution is -2.47. The average Bonchev–Trinajstić information content (AvgIpc) is 2.12. The second kappa shape index (κ2) is 6.00. The van der Waals surface area contributed by atoms with Crippen LogP contribution in [-0.2, 0) is 19.1 Å². The van der Waals surface area contributed by atoms with Crippen LogP contribution in [0.5, 0.6) is 0 Å². The van der Waals surface area contributed by atoms with E-state index >= 15 is 0 Å². The Kier molecular flexibility index (Phi) is 5.36. The van der Waals surface area contributed by atoms with E-state index in [4.69, 9.17) is 9.84 Å². The van der Waals surface area contributed by atoms with E-state index < -0.39 is 23.9 Å². The number of hydrogen-bond donors (Lipinski definition) is 2. The van der Waals surface area contributed by atoms with Gasteiger partial charge in [0, 0.05) is 6.92 Å². The summed E-state index contributed by atoms with van der Waals surface area (Å²) in [4.78, 5) is 32.5. The molecule has 0 radical (unpaired) electrons. The van der Waals surface area contributed by atoms with E-state index in [0.717, 1.165) is 6.92 Å². The van der Waals surface area contributed by atoms with Gasteiger partial charge in [-0.1, -0.05) is 6.92 Å². The van der Waals surface area contributed by atoms with Crippen molar-refractivity contribution in [2.75, 3.05) is 0 Å². The van der Waals surface area contributed by atoms with Crippen molar-refractivity contribution in [3.8, 4) is 0 Å². The van der Waals surface area contributed by atoms with Crippen LogP contribution in [-0.4, -0.2) is 35.1 Å². The SMILES string of the molecule is CCC(C)OC(=O)C(NC(C)=O)C(=O)O. The van der Waals surface area contributed by atoms with Crippen LogP contribution < -0.4 is 5.32 Å². The third-order valence-corrected chi connectivity index (χ3v) is 1.72. The largest absolute Gasteiger partial charge is 0.479 e. The van der Waals surface area contributed by atoms with Gasteiger partial charge >= 0.3 is 11.9 Å². The van der Waals surface area contributed by atoms with Crippen molar-refractivity contribution in [1.82, 2.24) is 5.32 Å². The minimum atomic E-state index is -1.63. The number of amides is 1. The van der Waals surface area contributed by atoms with Crippen molar-refractivity contribution < 1.29 is 24.2 Å². The van der Waals surface area contributed by atoms with Gasteiger partial charge in [-0.05, 0) is 13.3 Å². The predicted molar refractivity (Wildman–Crippen MR) is 51.1 cm³/mol. The van der Waals surface area contributed by atoms with Gasteiger partial charge in [0.05, 0.1) is 6.10 Å². The first kappa shape index (κ1) is 13.4. The first-order valence-electron chi connectivity index (χ1n) is 4.58. The molecule has 2 N–H and O–H groups in total. The first-order chi connectivity index (χ1) is 6.88. The lowest BCUT2D eigenvalue weighted by atomic mass is 10.2. The molecular formula is C9H15NO5. The van der Waals surface area contributed by atoms with Crippen LogP contribution in [0.25, 0.3) is 0 Å². The van der Waals surface area contributed by atoms with Crippen molar-refractivity contribution in [3.63, 3.8) is 0 Å². The Hall–Kier alpha value is -1.59. The van der Waals surface area contributed by atoms with E-state index in [1.165, 1.54) is 0 Å². The number of carbonyl (C=O) groups is 3. The Balaban J connectivity index is 4.42. The van der Waals surface area contributed by atoms with Crippen LogP contribution in [0.2, 0.25) is 0 Å². The fraction of sp³-hybridized carbons (Fsp3) is 0.667. The highest BCUT2D eigenvalue weighted by Gasteiger charge is 2.29. The van der Waals surface area contributed by atoms with Gasteiger partial charge in [0.15, 0.2) is 0 Å². The fourth-order valence-corrected chi connectivity index (χ4v) is 0.774. The molecule has 0 aromatic rings. The summed E-state index contributed by atoms with van der Waals surface area (Å²) in [5, 5.41) is 10.7. The molecule has 15 heavy (non-hydrogen) atoms. The number of rotatable bonds is 5. The normalized spacial score (nSPS) is 13.8. The van der Waals surface area contributed by atoms with Gasteiger partial charge in [-0.15, -0.1) is 0 Å². The van der Waals surface area contributed by atoms with Gasteiger partial charge in [0.2, 0.25) is 11.9 Å². The van der Waals surface area contributed by atoms with Crippen LogP contribution in [0.3, 0.4) is 0 Å².